The van der Waals surface area contributed by atoms with Crippen molar-refractivity contribution in [3.05, 3.63) is 89.0 Å². The maximum Gasteiger partial charge on any atom is 0.351 e. The van der Waals surface area contributed by atoms with Gasteiger partial charge in [0.05, 0.1) is 23.1 Å². The fourth-order valence-electron chi connectivity index (χ4n) is 5.91. The Balaban J connectivity index is 1.43. The van der Waals surface area contributed by atoms with Crippen LogP contribution in [0.3, 0.4) is 0 Å². The number of para-hydroxylation sites is 1. The summed E-state index contributed by atoms with van der Waals surface area (Å²) in [5.41, 5.74) is 1.59. The number of rotatable bonds is 12. The summed E-state index contributed by atoms with van der Waals surface area (Å²) >= 11 is 8.10. The van der Waals surface area contributed by atoms with Gasteiger partial charge in [0.25, 0.3) is 6.10 Å². The van der Waals surface area contributed by atoms with E-state index in [-0.39, 0.29) is 17.0 Å². The summed E-state index contributed by atoms with van der Waals surface area (Å²) in [5, 5.41) is 10.6. The lowest BCUT2D eigenvalue weighted by Gasteiger charge is -2.32. The quantitative estimate of drug-likeness (QED) is 0.141. The van der Waals surface area contributed by atoms with E-state index >= 15 is 8.78 Å². The van der Waals surface area contributed by atoms with E-state index in [0.717, 1.165) is 45.1 Å². The number of methoxy groups -OCH3 is 1. The number of alkyl halides is 2. The number of likely N-dealkylation sites (N-methyl/N-ethyl adjacent to an activating group) is 1. The second-order valence-electron chi connectivity index (χ2n) is 11.9. The van der Waals surface area contributed by atoms with Gasteiger partial charge in [0.1, 0.15) is 35.1 Å². The predicted molar refractivity (Wildman–Crippen MR) is 186 cm³/mol. The maximum absolute atomic E-state index is 16.0. The molecule has 0 radical (unpaired) electrons. The minimum absolute atomic E-state index is 0.196. The molecule has 1 N–H and O–H groups in total. The third-order valence-electron chi connectivity index (χ3n) is 8.69. The summed E-state index contributed by atoms with van der Waals surface area (Å²) in [7, 11) is 3.31. The lowest BCUT2D eigenvalue weighted by molar-refractivity contribution is -0.168. The van der Waals surface area contributed by atoms with Crippen molar-refractivity contribution >= 4 is 39.1 Å². The van der Waals surface area contributed by atoms with Gasteiger partial charge in [-0.25, -0.2) is 19.2 Å². The molecular weight excluding hydrogens is 693 g/mol. The first-order chi connectivity index (χ1) is 24.0. The van der Waals surface area contributed by atoms with Crippen molar-refractivity contribution in [1.29, 1.82) is 0 Å². The molecule has 0 saturated carbocycles. The summed E-state index contributed by atoms with van der Waals surface area (Å²) in [6.45, 7) is 6.82. The van der Waals surface area contributed by atoms with Crippen molar-refractivity contribution in [2.45, 2.75) is 19.0 Å². The second-order valence-corrected chi connectivity index (χ2v) is 13.3. The van der Waals surface area contributed by atoms with Crippen LogP contribution < -0.4 is 14.2 Å². The number of halogens is 4. The molecule has 1 aliphatic heterocycles. The Labute approximate surface area is 295 Å². The highest BCUT2D eigenvalue weighted by atomic mass is 35.5. The fourth-order valence-corrected chi connectivity index (χ4v) is 7.28. The van der Waals surface area contributed by atoms with Crippen LogP contribution in [0.1, 0.15) is 11.1 Å². The van der Waals surface area contributed by atoms with Crippen molar-refractivity contribution in [3.63, 3.8) is 0 Å². The topological polar surface area (TPSA) is 97.3 Å². The molecule has 0 aliphatic carbocycles. The molecule has 1 fully saturated rings. The number of hydrogen-bond acceptors (Lipinski definition) is 9. The average molecular weight is 727 g/mol. The van der Waals surface area contributed by atoms with E-state index in [1.165, 1.54) is 48.8 Å². The minimum atomic E-state index is -4.05. The average Bonchev–Trinajstić information content (AvgIpc) is 3.50. The first kappa shape index (κ1) is 35.4. The number of thiophene rings is 1. The summed E-state index contributed by atoms with van der Waals surface area (Å²) in [6.07, 6.45) is -1.58. The van der Waals surface area contributed by atoms with Crippen molar-refractivity contribution in [1.82, 2.24) is 19.8 Å². The van der Waals surface area contributed by atoms with Crippen LogP contribution in [0.25, 0.3) is 31.8 Å². The Kier molecular flexibility index (Phi) is 10.5. The molecular formula is C36H34ClF3N4O5S. The number of nitrogens with zero attached hydrogens (tertiary/aromatic N) is 4. The van der Waals surface area contributed by atoms with E-state index in [2.05, 4.69) is 26.8 Å². The van der Waals surface area contributed by atoms with E-state index in [1.807, 2.05) is 0 Å². The van der Waals surface area contributed by atoms with Gasteiger partial charge in [0, 0.05) is 43.2 Å². The standard InChI is InChI=1S/C36H34ClF3N4O5S/c1-21-24(12-13-27(30(21)37)48-19-18-44-16-14-43(2)15-17-44)28-29-33(41-20-42-34(29)50-31(28)22-8-10-23(38)11-9-22)49-32(35(45)46)36(39,40)25-6-4-5-7-26(25)47-3/h4-13,20,32H,14-19H2,1-3H3,(H,45,46). The molecule has 1 saturated heterocycles. The number of carboxylic acids is 1. The number of aromatic nitrogens is 2. The number of aliphatic carboxylic acids is 1. The normalized spacial score (nSPS) is 14.9. The number of ether oxygens (including phenoxy) is 3. The van der Waals surface area contributed by atoms with E-state index in [4.69, 9.17) is 25.8 Å². The molecule has 5 aromatic rings. The Morgan fingerprint density at radius 2 is 1.76 bits per heavy atom. The Morgan fingerprint density at radius 3 is 2.46 bits per heavy atom. The first-order valence-corrected chi connectivity index (χ1v) is 17.0. The highest BCUT2D eigenvalue weighted by Crippen LogP contribution is 2.50. The molecule has 6 rings (SSSR count). The zero-order valence-electron chi connectivity index (χ0n) is 27.5. The number of fused-ring (bicyclic) bond motifs is 1. The summed E-state index contributed by atoms with van der Waals surface area (Å²) in [6, 6.07) is 14.5. The molecule has 9 nitrogen and oxygen atoms in total. The number of carboxylic acid groups (broad SMARTS) is 1. The van der Waals surface area contributed by atoms with Crippen LogP contribution in [0.2, 0.25) is 5.02 Å². The molecule has 0 amide bonds. The highest BCUT2D eigenvalue weighted by molar-refractivity contribution is 7.22. The van der Waals surface area contributed by atoms with Crippen LogP contribution in [0.15, 0.2) is 67.0 Å². The van der Waals surface area contributed by atoms with E-state index in [1.54, 1.807) is 31.2 Å². The van der Waals surface area contributed by atoms with Gasteiger partial charge in [-0.3, -0.25) is 4.90 Å². The zero-order valence-corrected chi connectivity index (χ0v) is 29.0. The van der Waals surface area contributed by atoms with Gasteiger partial charge >= 0.3 is 11.9 Å². The van der Waals surface area contributed by atoms with Crippen LogP contribution in [0.5, 0.6) is 17.4 Å². The predicted octanol–water partition coefficient (Wildman–Crippen LogP) is 7.39. The van der Waals surface area contributed by atoms with Crippen molar-refractivity contribution in [2.24, 2.45) is 0 Å². The Morgan fingerprint density at radius 1 is 1.04 bits per heavy atom. The number of benzene rings is 3. The van der Waals surface area contributed by atoms with E-state index < -0.39 is 29.4 Å². The van der Waals surface area contributed by atoms with Crippen LogP contribution >= 0.6 is 22.9 Å². The van der Waals surface area contributed by atoms with E-state index in [9.17, 15) is 14.3 Å². The van der Waals surface area contributed by atoms with E-state index in [0.29, 0.717) is 49.3 Å². The fraction of sp³-hybridized carbons (Fsp3) is 0.306. The van der Waals surface area contributed by atoms with Crippen molar-refractivity contribution in [3.8, 4) is 38.9 Å². The smallest absolute Gasteiger partial charge is 0.351 e. The molecule has 0 spiro atoms. The Hall–Kier alpha value is -4.43. The number of carbonyl (C=O) groups is 1. The van der Waals surface area contributed by atoms with Gasteiger partial charge in [-0.15, -0.1) is 11.3 Å². The van der Waals surface area contributed by atoms with Gasteiger partial charge in [-0.2, -0.15) is 8.78 Å². The molecule has 1 unspecified atom stereocenters. The number of piperazine rings is 1. The van der Waals surface area contributed by atoms with Gasteiger partial charge in [-0.05, 0) is 61.0 Å². The first-order valence-electron chi connectivity index (χ1n) is 15.8. The molecule has 1 aliphatic rings. The molecule has 0 bridgehead atoms. The van der Waals surface area contributed by atoms with Gasteiger partial charge in [0.15, 0.2) is 0 Å². The van der Waals surface area contributed by atoms with Crippen LogP contribution in [-0.4, -0.2) is 90.4 Å². The van der Waals surface area contributed by atoms with Crippen LogP contribution in [0.4, 0.5) is 13.2 Å². The molecule has 3 aromatic carbocycles. The SMILES string of the molecule is COc1ccccc1C(F)(F)C(Oc1ncnc2sc(-c3ccc(F)cc3)c(-c3ccc(OCCN4CCN(C)CC4)c(Cl)c3C)c12)C(=O)O. The lowest BCUT2D eigenvalue weighted by atomic mass is 9.95. The van der Waals surface area contributed by atoms with Gasteiger partial charge in [-0.1, -0.05) is 41.9 Å². The molecule has 2 aromatic heterocycles. The summed E-state index contributed by atoms with van der Waals surface area (Å²) in [5.74, 6) is -6.51. The highest BCUT2D eigenvalue weighted by Gasteiger charge is 2.51. The molecule has 1 atom stereocenters. The van der Waals surface area contributed by atoms with Crippen LogP contribution in [0, 0.1) is 12.7 Å². The molecule has 50 heavy (non-hydrogen) atoms. The third-order valence-corrected chi connectivity index (χ3v) is 10.3. The molecule has 3 heterocycles. The Bertz CT molecular complexity index is 2000. The lowest BCUT2D eigenvalue weighted by Crippen LogP contribution is -2.45. The van der Waals surface area contributed by atoms with Crippen LogP contribution in [-0.2, 0) is 10.7 Å². The third kappa shape index (κ3) is 7.08. The van der Waals surface area contributed by atoms with Gasteiger partial charge < -0.3 is 24.2 Å². The monoisotopic (exact) mass is 726 g/mol. The van der Waals surface area contributed by atoms with Crippen molar-refractivity contribution in [2.75, 3.05) is 53.5 Å². The molecule has 14 heteroatoms. The molecule has 262 valence electrons. The zero-order chi connectivity index (χ0) is 35.6. The largest absolute Gasteiger partial charge is 0.496 e. The summed E-state index contributed by atoms with van der Waals surface area (Å²) in [4.78, 5) is 26.5. The van der Waals surface area contributed by atoms with Gasteiger partial charge in [0.2, 0.25) is 5.88 Å². The number of hydrogen-bond donors (Lipinski definition) is 1. The second kappa shape index (κ2) is 14.8. The maximum atomic E-state index is 16.0. The summed E-state index contributed by atoms with van der Waals surface area (Å²) < 4.78 is 63.0. The van der Waals surface area contributed by atoms with Crippen molar-refractivity contribution < 1.29 is 37.3 Å². The minimum Gasteiger partial charge on any atom is -0.496 e.